The van der Waals surface area contributed by atoms with Crippen molar-refractivity contribution in [3.05, 3.63) is 95.5 Å². The number of carbonyl (C=O) groups is 1. The molecule has 5 nitrogen and oxygen atoms in total. The number of hydrogen-bond acceptors (Lipinski definition) is 5. The van der Waals surface area contributed by atoms with Gasteiger partial charge >= 0.3 is 5.97 Å². The van der Waals surface area contributed by atoms with Gasteiger partial charge in [-0.05, 0) is 61.2 Å². The predicted molar refractivity (Wildman–Crippen MR) is 128 cm³/mol. The van der Waals surface area contributed by atoms with E-state index in [1.54, 1.807) is 24.9 Å². The van der Waals surface area contributed by atoms with Crippen molar-refractivity contribution >= 4 is 23.8 Å². The summed E-state index contributed by atoms with van der Waals surface area (Å²) in [5, 5.41) is 9.50. The maximum atomic E-state index is 11.6. The summed E-state index contributed by atoms with van der Waals surface area (Å²) in [6.45, 7) is 0.345. The number of aliphatic carboxylic acids is 1. The highest BCUT2D eigenvalue weighted by atomic mass is 32.2. The molecule has 166 valence electrons. The minimum absolute atomic E-state index is 0.0881. The maximum absolute atomic E-state index is 11.6. The molecule has 0 atom stereocenters. The molecule has 3 rings (SSSR count). The van der Waals surface area contributed by atoms with Gasteiger partial charge in [0.15, 0.2) is 0 Å². The van der Waals surface area contributed by atoms with Crippen molar-refractivity contribution < 1.29 is 19.4 Å². The minimum atomic E-state index is -1.09. The number of pyridine rings is 1. The number of unbranched alkanes of at least 4 members (excludes halogenated alkanes) is 1. The molecule has 0 radical (unpaired) electrons. The van der Waals surface area contributed by atoms with Gasteiger partial charge in [-0.15, -0.1) is 11.8 Å². The number of benzene rings is 2. The van der Waals surface area contributed by atoms with Gasteiger partial charge in [-0.25, -0.2) is 4.79 Å². The molecule has 0 amide bonds. The number of hydrogen-bond donors (Lipinski definition) is 1. The lowest BCUT2D eigenvalue weighted by Crippen LogP contribution is -2.07. The van der Waals surface area contributed by atoms with Crippen LogP contribution in [0.15, 0.2) is 83.5 Å². The summed E-state index contributed by atoms with van der Waals surface area (Å²) in [6.07, 6.45) is 4.06. The van der Waals surface area contributed by atoms with E-state index in [9.17, 15) is 9.90 Å². The summed E-state index contributed by atoms with van der Waals surface area (Å²) in [4.78, 5) is 17.3. The molecule has 1 N–H and O–H groups in total. The fourth-order valence-electron chi connectivity index (χ4n) is 3.04. The molecule has 6 heteroatoms. The van der Waals surface area contributed by atoms with Crippen molar-refractivity contribution in [1.82, 2.24) is 4.98 Å². The van der Waals surface area contributed by atoms with Crippen LogP contribution in [0.25, 0.3) is 6.08 Å². The Kier molecular flexibility index (Phi) is 9.20. The van der Waals surface area contributed by atoms with Gasteiger partial charge < -0.3 is 14.6 Å². The molecule has 0 fully saturated rings. The van der Waals surface area contributed by atoms with Crippen LogP contribution in [0.3, 0.4) is 0 Å². The van der Waals surface area contributed by atoms with Crippen LogP contribution in [0, 0.1) is 0 Å². The van der Waals surface area contributed by atoms with Gasteiger partial charge in [0.1, 0.15) is 5.75 Å². The lowest BCUT2D eigenvalue weighted by atomic mass is 10.1. The number of carboxylic acids is 1. The molecular weight excluding hydrogens is 422 g/mol. The summed E-state index contributed by atoms with van der Waals surface area (Å²) in [5.41, 5.74) is 2.68. The first-order valence-corrected chi connectivity index (χ1v) is 11.5. The molecule has 0 bridgehead atoms. The quantitative estimate of drug-likeness (QED) is 0.162. The molecule has 0 saturated heterocycles. The van der Waals surface area contributed by atoms with Gasteiger partial charge in [0.2, 0.25) is 5.76 Å². The van der Waals surface area contributed by atoms with E-state index in [0.717, 1.165) is 30.7 Å². The molecule has 0 aliphatic carbocycles. The van der Waals surface area contributed by atoms with Crippen LogP contribution in [0.4, 0.5) is 0 Å². The second-order valence-electron chi connectivity index (χ2n) is 7.12. The van der Waals surface area contributed by atoms with Crippen LogP contribution in [-0.4, -0.2) is 29.8 Å². The molecule has 3 aromatic rings. The molecule has 32 heavy (non-hydrogen) atoms. The summed E-state index contributed by atoms with van der Waals surface area (Å²) in [6, 6.07) is 23.7. The number of ether oxygens (including phenoxy) is 2. The van der Waals surface area contributed by atoms with Gasteiger partial charge in [0.25, 0.3) is 0 Å². The number of thioether (sulfide) groups is 1. The van der Waals surface area contributed by atoms with Gasteiger partial charge in [-0.1, -0.05) is 36.4 Å². The third kappa shape index (κ3) is 7.78. The SMILES string of the molecule is COc1ccc(CCCCO/C(=C/c2cccc(CSc3ccccc3)n2)C(=O)O)cc1. The molecule has 1 heterocycles. The number of nitrogens with zero attached hydrogens (tertiary/aromatic N) is 1. The van der Waals surface area contributed by atoms with Crippen LogP contribution in [0.2, 0.25) is 0 Å². The van der Waals surface area contributed by atoms with Crippen molar-refractivity contribution in [3.63, 3.8) is 0 Å². The lowest BCUT2D eigenvalue weighted by molar-refractivity contribution is -0.136. The third-order valence-electron chi connectivity index (χ3n) is 4.72. The van der Waals surface area contributed by atoms with Crippen LogP contribution in [0.1, 0.15) is 29.8 Å². The summed E-state index contributed by atoms with van der Waals surface area (Å²) >= 11 is 1.69. The first-order valence-electron chi connectivity index (χ1n) is 10.5. The van der Waals surface area contributed by atoms with Crippen molar-refractivity contribution in [3.8, 4) is 5.75 Å². The zero-order valence-electron chi connectivity index (χ0n) is 18.1. The van der Waals surface area contributed by atoms with Crippen LogP contribution in [0.5, 0.6) is 5.75 Å². The number of aromatic nitrogens is 1. The summed E-state index contributed by atoms with van der Waals surface area (Å²) in [5.74, 6) is 0.367. The minimum Gasteiger partial charge on any atom is -0.497 e. The summed E-state index contributed by atoms with van der Waals surface area (Å²) in [7, 11) is 1.65. The van der Waals surface area contributed by atoms with E-state index >= 15 is 0 Å². The Labute approximate surface area is 193 Å². The van der Waals surface area contributed by atoms with Crippen LogP contribution >= 0.6 is 11.8 Å². The van der Waals surface area contributed by atoms with E-state index in [4.69, 9.17) is 9.47 Å². The Morgan fingerprint density at radius 2 is 1.78 bits per heavy atom. The van der Waals surface area contributed by atoms with E-state index in [-0.39, 0.29) is 5.76 Å². The maximum Gasteiger partial charge on any atom is 0.371 e. The molecule has 2 aromatic carbocycles. The second kappa shape index (κ2) is 12.6. The molecule has 0 aliphatic heterocycles. The second-order valence-corrected chi connectivity index (χ2v) is 8.17. The fourth-order valence-corrected chi connectivity index (χ4v) is 3.86. The van der Waals surface area contributed by atoms with Crippen molar-refractivity contribution in [1.29, 1.82) is 0 Å². The van der Waals surface area contributed by atoms with Gasteiger partial charge in [-0.3, -0.25) is 4.98 Å². The van der Waals surface area contributed by atoms with Gasteiger partial charge in [0.05, 0.1) is 25.1 Å². The highest BCUT2D eigenvalue weighted by molar-refractivity contribution is 7.98. The van der Waals surface area contributed by atoms with E-state index in [1.165, 1.54) is 16.5 Å². The highest BCUT2D eigenvalue weighted by Gasteiger charge is 2.10. The molecule has 0 unspecified atom stereocenters. The predicted octanol–water partition coefficient (Wildman–Crippen LogP) is 5.85. The van der Waals surface area contributed by atoms with E-state index in [2.05, 4.69) is 17.1 Å². The number of carboxylic acid groups (broad SMARTS) is 1. The Balaban J connectivity index is 1.49. The average Bonchev–Trinajstić information content (AvgIpc) is 2.83. The fraction of sp³-hybridized carbons (Fsp3) is 0.231. The van der Waals surface area contributed by atoms with Crippen LogP contribution in [-0.2, 0) is 21.7 Å². The topological polar surface area (TPSA) is 68.7 Å². The number of rotatable bonds is 12. The molecular formula is C26H27NO4S. The van der Waals surface area contributed by atoms with Crippen molar-refractivity contribution in [2.45, 2.75) is 29.9 Å². The standard InChI is InChI=1S/C26H27NO4S/c1-30-23-15-13-20(14-16-23)8-5-6-17-31-25(26(28)29)18-21-9-7-10-22(27-21)19-32-24-11-3-2-4-12-24/h2-4,7,9-16,18H,5-6,8,17,19H2,1H3,(H,28,29)/b25-18+. The first kappa shape index (κ1) is 23.4. The van der Waals surface area contributed by atoms with Crippen LogP contribution < -0.4 is 4.74 Å². The third-order valence-corrected chi connectivity index (χ3v) is 5.77. The monoisotopic (exact) mass is 449 g/mol. The normalized spacial score (nSPS) is 11.2. The molecule has 1 aromatic heterocycles. The largest absolute Gasteiger partial charge is 0.497 e. The Hall–Kier alpha value is -3.25. The number of aryl methyl sites for hydroxylation is 1. The van der Waals surface area contributed by atoms with Gasteiger partial charge in [0, 0.05) is 16.7 Å². The lowest BCUT2D eigenvalue weighted by Gasteiger charge is -2.08. The summed E-state index contributed by atoms with van der Waals surface area (Å²) < 4.78 is 10.7. The van der Waals surface area contributed by atoms with E-state index < -0.39 is 5.97 Å². The highest BCUT2D eigenvalue weighted by Crippen LogP contribution is 2.22. The zero-order chi connectivity index (χ0) is 22.6. The Morgan fingerprint density at radius 3 is 2.50 bits per heavy atom. The molecule has 0 aliphatic rings. The Bertz CT molecular complexity index is 1020. The molecule has 0 spiro atoms. The van der Waals surface area contributed by atoms with E-state index in [0.29, 0.717) is 18.1 Å². The Morgan fingerprint density at radius 1 is 1.00 bits per heavy atom. The van der Waals surface area contributed by atoms with Crippen molar-refractivity contribution in [2.75, 3.05) is 13.7 Å². The van der Waals surface area contributed by atoms with Gasteiger partial charge in [-0.2, -0.15) is 0 Å². The average molecular weight is 450 g/mol. The zero-order valence-corrected chi connectivity index (χ0v) is 18.9. The molecule has 0 saturated carbocycles. The van der Waals surface area contributed by atoms with Crippen molar-refractivity contribution in [2.24, 2.45) is 0 Å². The number of methoxy groups -OCH3 is 1. The smallest absolute Gasteiger partial charge is 0.371 e. The first-order chi connectivity index (χ1) is 15.6. The van der Waals surface area contributed by atoms with E-state index in [1.807, 2.05) is 54.6 Å².